The number of nitrogens with one attached hydrogen (secondary N) is 1. The third kappa shape index (κ3) is 6.68. The number of carbonyl (C=O) groups excluding carboxylic acids is 1. The highest BCUT2D eigenvalue weighted by molar-refractivity contribution is 7.94. The van der Waals surface area contributed by atoms with E-state index in [4.69, 9.17) is 9.84 Å². The molecule has 1 aromatic carbocycles. The molecule has 0 saturated heterocycles. The van der Waals surface area contributed by atoms with Crippen molar-refractivity contribution in [3.8, 4) is 0 Å². The van der Waals surface area contributed by atoms with Crippen LogP contribution in [0.25, 0.3) is 0 Å². The molecule has 0 atom stereocenters. The van der Waals surface area contributed by atoms with E-state index in [2.05, 4.69) is 5.32 Å². The monoisotopic (exact) mass is 313 g/mol. The van der Waals surface area contributed by atoms with Crippen molar-refractivity contribution in [3.05, 3.63) is 41.8 Å². The number of aliphatic carboxylic acids is 1. The zero-order chi connectivity index (χ0) is 15.7. The van der Waals surface area contributed by atoms with Crippen molar-refractivity contribution in [3.63, 3.8) is 0 Å². The van der Waals surface area contributed by atoms with Crippen LogP contribution in [0.3, 0.4) is 0 Å². The van der Waals surface area contributed by atoms with Crippen molar-refractivity contribution in [2.45, 2.75) is 4.90 Å². The van der Waals surface area contributed by atoms with E-state index in [-0.39, 0.29) is 18.0 Å². The summed E-state index contributed by atoms with van der Waals surface area (Å²) >= 11 is 0. The lowest BCUT2D eigenvalue weighted by Gasteiger charge is -2.02. The second-order valence-electron chi connectivity index (χ2n) is 3.90. The van der Waals surface area contributed by atoms with Gasteiger partial charge >= 0.3 is 5.97 Å². The summed E-state index contributed by atoms with van der Waals surface area (Å²) in [7, 11) is -3.65. The summed E-state index contributed by atoms with van der Waals surface area (Å²) in [6.45, 7) is -0.340. The fourth-order valence-corrected chi connectivity index (χ4v) is 2.30. The zero-order valence-electron chi connectivity index (χ0n) is 11.1. The highest BCUT2D eigenvalue weighted by atomic mass is 32.2. The lowest BCUT2D eigenvalue weighted by Crippen LogP contribution is -2.26. The molecule has 1 aromatic rings. The van der Waals surface area contributed by atoms with Crippen LogP contribution in [-0.2, 0) is 24.2 Å². The van der Waals surface area contributed by atoms with Crippen LogP contribution in [0.4, 0.5) is 0 Å². The fourth-order valence-electron chi connectivity index (χ4n) is 1.30. The van der Waals surface area contributed by atoms with Crippen molar-refractivity contribution in [1.29, 1.82) is 0 Å². The minimum absolute atomic E-state index is 0.0251. The molecule has 0 spiro atoms. The van der Waals surface area contributed by atoms with Crippen LogP contribution in [0.5, 0.6) is 0 Å². The molecule has 0 aliphatic heterocycles. The van der Waals surface area contributed by atoms with E-state index < -0.39 is 28.3 Å². The minimum Gasteiger partial charge on any atom is -0.480 e. The van der Waals surface area contributed by atoms with E-state index in [1.54, 1.807) is 18.2 Å². The number of ether oxygens (including phenoxy) is 1. The molecule has 0 saturated carbocycles. The fraction of sp³-hybridized carbons (Fsp3) is 0.231. The summed E-state index contributed by atoms with van der Waals surface area (Å²) in [5.74, 6) is -1.70. The Morgan fingerprint density at radius 2 is 1.90 bits per heavy atom. The summed E-state index contributed by atoms with van der Waals surface area (Å²) in [5, 5.41) is 11.5. The molecular weight excluding hydrogens is 298 g/mol. The Morgan fingerprint density at radius 1 is 1.24 bits per heavy atom. The van der Waals surface area contributed by atoms with E-state index >= 15 is 0 Å². The number of benzene rings is 1. The summed E-state index contributed by atoms with van der Waals surface area (Å²) < 4.78 is 28.4. The normalized spacial score (nSPS) is 11.4. The van der Waals surface area contributed by atoms with Crippen molar-refractivity contribution >= 4 is 21.7 Å². The van der Waals surface area contributed by atoms with Crippen molar-refractivity contribution in [2.24, 2.45) is 0 Å². The van der Waals surface area contributed by atoms with E-state index in [1.165, 1.54) is 12.1 Å². The van der Waals surface area contributed by atoms with Gasteiger partial charge in [0.15, 0.2) is 9.84 Å². The Kier molecular flexibility index (Phi) is 6.57. The van der Waals surface area contributed by atoms with Crippen molar-refractivity contribution in [2.75, 3.05) is 19.8 Å². The Labute approximate surface area is 122 Å². The molecule has 1 amide bonds. The number of rotatable bonds is 8. The molecule has 0 radical (unpaired) electrons. The van der Waals surface area contributed by atoms with Gasteiger partial charge in [-0.3, -0.25) is 4.79 Å². The summed E-state index contributed by atoms with van der Waals surface area (Å²) in [4.78, 5) is 21.6. The first-order valence-corrected chi connectivity index (χ1v) is 7.52. The molecule has 0 heterocycles. The molecule has 8 heteroatoms. The van der Waals surface area contributed by atoms with Gasteiger partial charge in [0.25, 0.3) is 0 Å². The standard InChI is InChI=1S/C13H15NO6S/c15-12(14-7-8-20-10-13(16)17)6-9-21(18,19)11-4-2-1-3-5-11/h1-6,9H,7-8,10H2,(H,14,15)(H,16,17). The Balaban J connectivity index is 2.42. The van der Waals surface area contributed by atoms with E-state index in [9.17, 15) is 18.0 Å². The molecular formula is C13H15NO6S. The molecule has 0 aliphatic rings. The predicted octanol–water partition coefficient (Wildman–Crippen LogP) is 0.191. The van der Waals surface area contributed by atoms with Gasteiger partial charge in [-0.05, 0) is 12.1 Å². The Bertz CT molecular complexity index is 609. The number of carbonyl (C=O) groups is 2. The zero-order valence-corrected chi connectivity index (χ0v) is 11.9. The molecule has 1 rings (SSSR count). The lowest BCUT2D eigenvalue weighted by atomic mass is 10.4. The predicted molar refractivity (Wildman–Crippen MR) is 74.2 cm³/mol. The maximum absolute atomic E-state index is 11.8. The van der Waals surface area contributed by atoms with Gasteiger partial charge in [-0.15, -0.1) is 0 Å². The number of amides is 1. The maximum atomic E-state index is 11.8. The third-order valence-corrected chi connectivity index (χ3v) is 3.67. The average Bonchev–Trinajstić information content (AvgIpc) is 2.45. The third-order valence-electron chi connectivity index (χ3n) is 2.24. The summed E-state index contributed by atoms with van der Waals surface area (Å²) in [6, 6.07) is 7.71. The number of carboxylic acid groups (broad SMARTS) is 1. The van der Waals surface area contributed by atoms with E-state index in [0.29, 0.717) is 0 Å². The van der Waals surface area contributed by atoms with Crippen LogP contribution in [0.2, 0.25) is 0 Å². The van der Waals surface area contributed by atoms with E-state index in [1.807, 2.05) is 0 Å². The Hall–Kier alpha value is -2.19. The summed E-state index contributed by atoms with van der Waals surface area (Å²) in [6.07, 6.45) is 0.902. The maximum Gasteiger partial charge on any atom is 0.329 e. The first kappa shape index (κ1) is 16.9. The van der Waals surface area contributed by atoms with Gasteiger partial charge in [-0.25, -0.2) is 13.2 Å². The number of carboxylic acids is 1. The van der Waals surface area contributed by atoms with Crippen LogP contribution in [-0.4, -0.2) is 45.2 Å². The molecule has 0 fully saturated rings. The highest BCUT2D eigenvalue weighted by Crippen LogP contribution is 2.10. The molecule has 0 aliphatic carbocycles. The largest absolute Gasteiger partial charge is 0.480 e. The van der Waals surface area contributed by atoms with Gasteiger partial charge in [0.1, 0.15) is 6.61 Å². The second-order valence-corrected chi connectivity index (χ2v) is 5.73. The molecule has 0 aromatic heterocycles. The van der Waals surface area contributed by atoms with Gasteiger partial charge < -0.3 is 15.2 Å². The SMILES string of the molecule is O=C(O)COCCNC(=O)C=CS(=O)(=O)c1ccccc1. The topological polar surface area (TPSA) is 110 Å². The van der Waals surface area contributed by atoms with Gasteiger partial charge in [-0.1, -0.05) is 18.2 Å². The van der Waals surface area contributed by atoms with Crippen LogP contribution >= 0.6 is 0 Å². The number of hydrogen-bond acceptors (Lipinski definition) is 5. The van der Waals surface area contributed by atoms with Crippen LogP contribution in [0.15, 0.2) is 46.7 Å². The molecule has 114 valence electrons. The van der Waals surface area contributed by atoms with Crippen LogP contribution in [0, 0.1) is 0 Å². The highest BCUT2D eigenvalue weighted by Gasteiger charge is 2.09. The smallest absolute Gasteiger partial charge is 0.329 e. The summed E-state index contributed by atoms with van der Waals surface area (Å²) in [5.41, 5.74) is 0. The van der Waals surface area contributed by atoms with Gasteiger partial charge in [0, 0.05) is 18.0 Å². The van der Waals surface area contributed by atoms with E-state index in [0.717, 1.165) is 11.5 Å². The number of hydrogen-bond donors (Lipinski definition) is 2. The van der Waals surface area contributed by atoms with Crippen LogP contribution in [0.1, 0.15) is 0 Å². The van der Waals surface area contributed by atoms with Crippen LogP contribution < -0.4 is 5.32 Å². The van der Waals surface area contributed by atoms with Gasteiger partial charge in [-0.2, -0.15) is 0 Å². The molecule has 21 heavy (non-hydrogen) atoms. The van der Waals surface area contributed by atoms with Crippen molar-refractivity contribution in [1.82, 2.24) is 5.32 Å². The first-order chi connectivity index (χ1) is 9.92. The molecule has 2 N–H and O–H groups in total. The molecule has 7 nitrogen and oxygen atoms in total. The first-order valence-electron chi connectivity index (χ1n) is 5.97. The van der Waals surface area contributed by atoms with Gasteiger partial charge in [0.05, 0.1) is 11.5 Å². The van der Waals surface area contributed by atoms with Gasteiger partial charge in [0.2, 0.25) is 5.91 Å². The lowest BCUT2D eigenvalue weighted by molar-refractivity contribution is -0.142. The quantitative estimate of drug-likeness (QED) is 0.524. The number of sulfone groups is 1. The van der Waals surface area contributed by atoms with Crippen molar-refractivity contribution < 1.29 is 27.9 Å². The second kappa shape index (κ2) is 8.18. The Morgan fingerprint density at radius 3 is 2.52 bits per heavy atom. The molecule has 0 unspecified atom stereocenters. The average molecular weight is 313 g/mol. The molecule has 0 bridgehead atoms. The minimum atomic E-state index is -3.65.